The first-order valence-corrected chi connectivity index (χ1v) is 8.93. The monoisotopic (exact) mass is 367 g/mol. The molecule has 0 aliphatic rings. The molecule has 0 saturated carbocycles. The van der Waals surface area contributed by atoms with Crippen molar-refractivity contribution in [3.63, 3.8) is 0 Å². The summed E-state index contributed by atoms with van der Waals surface area (Å²) >= 11 is 1.23. The zero-order valence-corrected chi connectivity index (χ0v) is 15.4. The fourth-order valence-electron chi connectivity index (χ4n) is 2.90. The summed E-state index contributed by atoms with van der Waals surface area (Å²) in [5.74, 6) is -0.221. The van der Waals surface area contributed by atoms with Crippen molar-refractivity contribution < 1.29 is 4.79 Å². The van der Waals surface area contributed by atoms with Crippen molar-refractivity contribution in [2.45, 2.75) is 20.4 Å². The zero-order valence-electron chi connectivity index (χ0n) is 14.6. The minimum atomic E-state index is -0.221. The zero-order chi connectivity index (χ0) is 18.4. The highest BCUT2D eigenvalue weighted by molar-refractivity contribution is 7.20. The normalized spacial score (nSPS) is 11.3. The molecule has 0 aromatic carbocycles. The number of fused-ring (bicyclic) bond motifs is 2. The molecule has 8 heteroatoms. The number of nitrogens with one attached hydrogen (secondary N) is 1. The molecule has 1 amide bonds. The number of hydrogen-bond donors (Lipinski definition) is 1. The highest BCUT2D eigenvalue weighted by Crippen LogP contribution is 2.26. The summed E-state index contributed by atoms with van der Waals surface area (Å²) in [4.78, 5) is 34.7. The number of thiophene rings is 1. The Kier molecular flexibility index (Phi) is 3.84. The lowest BCUT2D eigenvalue weighted by atomic mass is 10.2. The van der Waals surface area contributed by atoms with Gasteiger partial charge in [-0.15, -0.1) is 11.3 Å². The Labute approximate surface area is 152 Å². The van der Waals surface area contributed by atoms with Gasteiger partial charge < -0.3 is 14.3 Å². The third-order valence-corrected chi connectivity index (χ3v) is 5.51. The number of hydrogen-bond acceptors (Lipinski definition) is 5. The molecule has 4 rings (SSSR count). The van der Waals surface area contributed by atoms with Gasteiger partial charge in [0.1, 0.15) is 10.5 Å². The third-order valence-electron chi connectivity index (χ3n) is 4.31. The second-order valence-corrected chi connectivity index (χ2v) is 7.28. The summed E-state index contributed by atoms with van der Waals surface area (Å²) in [6.45, 7) is 4.11. The molecule has 4 aromatic rings. The van der Waals surface area contributed by atoms with E-state index in [0.29, 0.717) is 27.2 Å². The van der Waals surface area contributed by atoms with Gasteiger partial charge in [-0.3, -0.25) is 9.59 Å². The molecule has 0 aliphatic carbocycles. The van der Waals surface area contributed by atoms with Crippen molar-refractivity contribution in [3.8, 4) is 0 Å². The second-order valence-electron chi connectivity index (χ2n) is 6.28. The highest BCUT2D eigenvalue weighted by atomic mass is 32.1. The van der Waals surface area contributed by atoms with E-state index in [9.17, 15) is 9.59 Å². The second kappa shape index (κ2) is 6.06. The Bertz CT molecular complexity index is 1220. The summed E-state index contributed by atoms with van der Waals surface area (Å²) in [7, 11) is 1.65. The van der Waals surface area contributed by atoms with Gasteiger partial charge in [0.2, 0.25) is 0 Å². The number of aromatic nitrogens is 4. The van der Waals surface area contributed by atoms with E-state index in [1.807, 2.05) is 35.9 Å². The van der Waals surface area contributed by atoms with Crippen LogP contribution in [0.1, 0.15) is 26.5 Å². The Hall–Kier alpha value is -3.00. The van der Waals surface area contributed by atoms with E-state index in [4.69, 9.17) is 0 Å². The molecule has 132 valence electrons. The lowest BCUT2D eigenvalue weighted by Gasteiger charge is -2.02. The molecule has 0 aliphatic heterocycles. The number of amides is 1. The average molecular weight is 367 g/mol. The number of aryl methyl sites for hydroxylation is 3. The van der Waals surface area contributed by atoms with Crippen molar-refractivity contribution >= 4 is 33.1 Å². The molecule has 4 aromatic heterocycles. The van der Waals surface area contributed by atoms with E-state index >= 15 is 0 Å². The standard InChI is InChI=1S/C18H17N5O2S/c1-10-4-5-23-8-12(21-13(23)6-10)7-19-16(24)15-11(2)14-17(26-15)20-9-22(3)18(14)25/h4-6,8-9H,7H2,1-3H3,(H,19,24). The SMILES string of the molecule is Cc1ccn2cc(CNC(=O)c3sc4ncn(C)c(=O)c4c3C)nc2c1. The predicted octanol–water partition coefficient (Wildman–Crippen LogP) is 2.19. The first kappa shape index (κ1) is 16.5. The van der Waals surface area contributed by atoms with Gasteiger partial charge in [0, 0.05) is 19.4 Å². The van der Waals surface area contributed by atoms with Crippen molar-refractivity contribution in [2.24, 2.45) is 7.05 Å². The maximum absolute atomic E-state index is 12.6. The molecule has 0 fully saturated rings. The van der Waals surface area contributed by atoms with Crippen LogP contribution in [0.2, 0.25) is 0 Å². The molecule has 26 heavy (non-hydrogen) atoms. The van der Waals surface area contributed by atoms with Gasteiger partial charge >= 0.3 is 0 Å². The summed E-state index contributed by atoms with van der Waals surface area (Å²) in [6.07, 6.45) is 5.31. The van der Waals surface area contributed by atoms with Crippen LogP contribution in [0.5, 0.6) is 0 Å². The predicted molar refractivity (Wildman–Crippen MR) is 101 cm³/mol. The largest absolute Gasteiger partial charge is 0.346 e. The molecule has 0 atom stereocenters. The minimum Gasteiger partial charge on any atom is -0.346 e. The smallest absolute Gasteiger partial charge is 0.262 e. The highest BCUT2D eigenvalue weighted by Gasteiger charge is 2.19. The van der Waals surface area contributed by atoms with Crippen LogP contribution in [0, 0.1) is 13.8 Å². The van der Waals surface area contributed by atoms with E-state index in [1.165, 1.54) is 22.2 Å². The quantitative estimate of drug-likeness (QED) is 0.602. The molecule has 4 heterocycles. The van der Waals surface area contributed by atoms with Gasteiger partial charge in [0.05, 0.1) is 28.8 Å². The minimum absolute atomic E-state index is 0.140. The van der Waals surface area contributed by atoms with Crippen molar-refractivity contribution in [2.75, 3.05) is 0 Å². The van der Waals surface area contributed by atoms with E-state index in [2.05, 4.69) is 15.3 Å². The van der Waals surface area contributed by atoms with Crippen LogP contribution in [0.15, 0.2) is 35.6 Å². The Morgan fingerprint density at radius 1 is 1.35 bits per heavy atom. The molecule has 0 bridgehead atoms. The van der Waals surface area contributed by atoms with Crippen LogP contribution in [0.25, 0.3) is 15.9 Å². The van der Waals surface area contributed by atoms with Crippen LogP contribution in [-0.4, -0.2) is 24.8 Å². The lowest BCUT2D eigenvalue weighted by molar-refractivity contribution is 0.0954. The Balaban J connectivity index is 1.60. The topological polar surface area (TPSA) is 81.3 Å². The number of rotatable bonds is 3. The van der Waals surface area contributed by atoms with Crippen molar-refractivity contribution in [1.29, 1.82) is 0 Å². The van der Waals surface area contributed by atoms with E-state index < -0.39 is 0 Å². The number of carbonyl (C=O) groups excluding carboxylic acids is 1. The van der Waals surface area contributed by atoms with Gasteiger partial charge in [-0.2, -0.15) is 0 Å². The Morgan fingerprint density at radius 3 is 2.96 bits per heavy atom. The molecule has 0 radical (unpaired) electrons. The fourth-order valence-corrected chi connectivity index (χ4v) is 3.95. The first-order valence-electron chi connectivity index (χ1n) is 8.11. The van der Waals surface area contributed by atoms with Gasteiger partial charge in [0.15, 0.2) is 0 Å². The number of pyridine rings is 1. The van der Waals surface area contributed by atoms with E-state index in [-0.39, 0.29) is 11.5 Å². The van der Waals surface area contributed by atoms with Crippen LogP contribution < -0.4 is 10.9 Å². The van der Waals surface area contributed by atoms with Crippen LogP contribution >= 0.6 is 11.3 Å². The molecule has 7 nitrogen and oxygen atoms in total. The summed E-state index contributed by atoms with van der Waals surface area (Å²) in [6, 6.07) is 3.99. The van der Waals surface area contributed by atoms with E-state index in [1.54, 1.807) is 14.0 Å². The molecule has 0 saturated heterocycles. The average Bonchev–Trinajstić information content (AvgIpc) is 3.16. The molecule has 0 spiro atoms. The van der Waals surface area contributed by atoms with Gasteiger partial charge in [-0.05, 0) is 37.1 Å². The summed E-state index contributed by atoms with van der Waals surface area (Å²) in [5, 5.41) is 3.39. The van der Waals surface area contributed by atoms with Crippen molar-refractivity contribution in [3.05, 3.63) is 62.9 Å². The van der Waals surface area contributed by atoms with Crippen LogP contribution in [-0.2, 0) is 13.6 Å². The number of carbonyl (C=O) groups is 1. The summed E-state index contributed by atoms with van der Waals surface area (Å²) < 4.78 is 3.34. The maximum Gasteiger partial charge on any atom is 0.262 e. The van der Waals surface area contributed by atoms with Crippen LogP contribution in [0.3, 0.4) is 0 Å². The number of nitrogens with zero attached hydrogens (tertiary/aromatic N) is 4. The van der Waals surface area contributed by atoms with Gasteiger partial charge in [-0.1, -0.05) is 0 Å². The first-order chi connectivity index (χ1) is 12.4. The van der Waals surface area contributed by atoms with Gasteiger partial charge in [0.25, 0.3) is 11.5 Å². The molecule has 1 N–H and O–H groups in total. The van der Waals surface area contributed by atoms with E-state index in [0.717, 1.165) is 16.9 Å². The molecular weight excluding hydrogens is 350 g/mol. The molecular formula is C18H17N5O2S. The third kappa shape index (κ3) is 2.68. The molecule has 0 unspecified atom stereocenters. The number of imidazole rings is 1. The lowest BCUT2D eigenvalue weighted by Crippen LogP contribution is -2.23. The van der Waals surface area contributed by atoms with Gasteiger partial charge in [-0.25, -0.2) is 9.97 Å². The Morgan fingerprint density at radius 2 is 2.15 bits per heavy atom. The maximum atomic E-state index is 12.6. The fraction of sp³-hybridized carbons (Fsp3) is 0.222. The summed E-state index contributed by atoms with van der Waals surface area (Å²) in [5.41, 5.74) is 3.28. The van der Waals surface area contributed by atoms with Crippen LogP contribution in [0.4, 0.5) is 0 Å². The van der Waals surface area contributed by atoms with Crippen molar-refractivity contribution in [1.82, 2.24) is 24.3 Å².